The molecule has 0 bridgehead atoms. The van der Waals surface area contributed by atoms with Crippen LogP contribution in [0.5, 0.6) is 0 Å². The molecule has 20 heavy (non-hydrogen) atoms. The Hall–Kier alpha value is -0.960. The number of hydrogen-bond donors (Lipinski definition) is 1. The van der Waals surface area contributed by atoms with Crippen LogP contribution in [-0.4, -0.2) is 17.0 Å². The second kappa shape index (κ2) is 6.66. The molecule has 3 unspecified atom stereocenters. The molecular weight excluding hydrogens is 264 g/mol. The Morgan fingerprint density at radius 3 is 2.90 bits per heavy atom. The molecule has 3 heteroatoms. The molecule has 3 rings (SSSR count). The van der Waals surface area contributed by atoms with Gasteiger partial charge in [0, 0.05) is 11.8 Å². The van der Waals surface area contributed by atoms with Gasteiger partial charge in [0.15, 0.2) is 5.17 Å². The summed E-state index contributed by atoms with van der Waals surface area (Å²) in [7, 11) is 0. The Labute approximate surface area is 126 Å². The van der Waals surface area contributed by atoms with Gasteiger partial charge in [0.2, 0.25) is 0 Å². The standard InChI is InChI=1S/C17H24N2S/c1-2-13-7-6-10-15(11-13)18-17-19-16(12-20-17)14-8-4-3-5-9-14/h3-5,8-9,13,15-16H,2,6-7,10-12H2,1H3,(H,18,19). The number of amidine groups is 1. The van der Waals surface area contributed by atoms with E-state index >= 15 is 0 Å². The van der Waals surface area contributed by atoms with Gasteiger partial charge < -0.3 is 5.32 Å². The lowest BCUT2D eigenvalue weighted by Crippen LogP contribution is -2.36. The van der Waals surface area contributed by atoms with Crippen LogP contribution in [0, 0.1) is 5.92 Å². The van der Waals surface area contributed by atoms with E-state index in [1.807, 2.05) is 11.8 Å². The van der Waals surface area contributed by atoms with Crippen molar-refractivity contribution in [1.29, 1.82) is 0 Å². The van der Waals surface area contributed by atoms with Gasteiger partial charge in [-0.25, -0.2) is 0 Å². The quantitative estimate of drug-likeness (QED) is 0.892. The molecule has 2 aliphatic rings. The summed E-state index contributed by atoms with van der Waals surface area (Å²) in [6, 6.07) is 11.6. The Morgan fingerprint density at radius 1 is 1.25 bits per heavy atom. The van der Waals surface area contributed by atoms with Gasteiger partial charge in [0.05, 0.1) is 6.04 Å². The summed E-state index contributed by atoms with van der Waals surface area (Å²) in [5.74, 6) is 1.99. The van der Waals surface area contributed by atoms with Crippen LogP contribution in [0.1, 0.15) is 50.6 Å². The van der Waals surface area contributed by atoms with E-state index in [2.05, 4.69) is 42.6 Å². The fourth-order valence-electron chi connectivity index (χ4n) is 3.27. The van der Waals surface area contributed by atoms with Gasteiger partial charge in [-0.3, -0.25) is 4.99 Å². The summed E-state index contributed by atoms with van der Waals surface area (Å²) in [6.07, 6.45) is 6.75. The number of nitrogens with one attached hydrogen (secondary N) is 1. The lowest BCUT2D eigenvalue weighted by atomic mass is 9.84. The Kier molecular flexibility index (Phi) is 4.66. The van der Waals surface area contributed by atoms with Crippen molar-refractivity contribution in [1.82, 2.24) is 5.32 Å². The highest BCUT2D eigenvalue weighted by atomic mass is 32.2. The lowest BCUT2D eigenvalue weighted by Gasteiger charge is -2.29. The van der Waals surface area contributed by atoms with Crippen LogP contribution >= 0.6 is 11.8 Å². The van der Waals surface area contributed by atoms with E-state index in [9.17, 15) is 0 Å². The van der Waals surface area contributed by atoms with Gasteiger partial charge in [-0.1, -0.05) is 68.3 Å². The van der Waals surface area contributed by atoms with Gasteiger partial charge in [-0.15, -0.1) is 0 Å². The minimum atomic E-state index is 0.342. The molecule has 0 radical (unpaired) electrons. The molecule has 0 spiro atoms. The van der Waals surface area contributed by atoms with Crippen LogP contribution in [-0.2, 0) is 0 Å². The van der Waals surface area contributed by atoms with Crippen molar-refractivity contribution in [2.45, 2.75) is 51.1 Å². The topological polar surface area (TPSA) is 24.4 Å². The fourth-order valence-corrected chi connectivity index (χ4v) is 4.30. The van der Waals surface area contributed by atoms with Gasteiger partial charge in [0.25, 0.3) is 0 Å². The molecule has 2 nitrogen and oxygen atoms in total. The maximum Gasteiger partial charge on any atom is 0.157 e. The third kappa shape index (κ3) is 3.38. The van der Waals surface area contributed by atoms with Crippen LogP contribution in [0.3, 0.4) is 0 Å². The van der Waals surface area contributed by atoms with E-state index in [-0.39, 0.29) is 0 Å². The highest BCUT2D eigenvalue weighted by molar-refractivity contribution is 8.14. The summed E-state index contributed by atoms with van der Waals surface area (Å²) in [5.41, 5.74) is 1.34. The lowest BCUT2D eigenvalue weighted by molar-refractivity contribution is 0.300. The van der Waals surface area contributed by atoms with Crippen molar-refractivity contribution in [3.8, 4) is 0 Å². The molecule has 1 aliphatic carbocycles. The molecule has 108 valence electrons. The molecule has 3 atom stereocenters. The second-order valence-corrected chi connectivity index (χ2v) is 6.96. The van der Waals surface area contributed by atoms with E-state index in [4.69, 9.17) is 4.99 Å². The maximum atomic E-state index is 4.87. The third-order valence-electron chi connectivity index (χ3n) is 4.52. The van der Waals surface area contributed by atoms with Crippen LogP contribution in [0.25, 0.3) is 0 Å². The summed E-state index contributed by atoms with van der Waals surface area (Å²) in [6.45, 7) is 2.32. The highest BCUT2D eigenvalue weighted by Crippen LogP contribution is 2.31. The van der Waals surface area contributed by atoms with Crippen molar-refractivity contribution < 1.29 is 0 Å². The van der Waals surface area contributed by atoms with E-state index in [0.29, 0.717) is 12.1 Å². The normalized spacial score (nSPS) is 30.1. The van der Waals surface area contributed by atoms with Crippen LogP contribution in [0.4, 0.5) is 0 Å². The number of nitrogens with zero attached hydrogens (tertiary/aromatic N) is 1. The minimum absolute atomic E-state index is 0.342. The zero-order valence-corrected chi connectivity index (χ0v) is 13.0. The molecule has 0 amide bonds. The van der Waals surface area contributed by atoms with Crippen molar-refractivity contribution in [3.63, 3.8) is 0 Å². The van der Waals surface area contributed by atoms with E-state index in [1.165, 1.54) is 42.8 Å². The number of rotatable bonds is 3. The van der Waals surface area contributed by atoms with Gasteiger partial charge >= 0.3 is 0 Å². The van der Waals surface area contributed by atoms with Crippen LogP contribution in [0.15, 0.2) is 35.3 Å². The number of benzene rings is 1. The first-order chi connectivity index (χ1) is 9.85. The molecule has 1 N–H and O–H groups in total. The first-order valence-corrected chi connectivity index (χ1v) is 8.85. The number of hydrogen-bond acceptors (Lipinski definition) is 3. The predicted molar refractivity (Wildman–Crippen MR) is 88.2 cm³/mol. The monoisotopic (exact) mass is 288 g/mol. The second-order valence-electron chi connectivity index (χ2n) is 5.95. The van der Waals surface area contributed by atoms with E-state index < -0.39 is 0 Å². The van der Waals surface area contributed by atoms with Crippen molar-refractivity contribution in [2.75, 3.05) is 5.75 Å². The predicted octanol–water partition coefficient (Wildman–Crippen LogP) is 4.39. The summed E-state index contributed by atoms with van der Waals surface area (Å²) in [5, 5.41) is 4.86. The van der Waals surface area contributed by atoms with Gasteiger partial charge in [-0.05, 0) is 24.3 Å². The third-order valence-corrected chi connectivity index (χ3v) is 5.50. The molecule has 0 aromatic heterocycles. The van der Waals surface area contributed by atoms with Crippen molar-refractivity contribution in [3.05, 3.63) is 35.9 Å². The molecule has 1 saturated carbocycles. The maximum absolute atomic E-state index is 4.87. The highest BCUT2D eigenvalue weighted by Gasteiger charge is 2.25. The molecular formula is C17H24N2S. The summed E-state index contributed by atoms with van der Waals surface area (Å²) in [4.78, 5) is 4.87. The molecule has 1 heterocycles. The smallest absolute Gasteiger partial charge is 0.157 e. The number of thioether (sulfide) groups is 1. The van der Waals surface area contributed by atoms with Crippen LogP contribution in [0.2, 0.25) is 0 Å². The van der Waals surface area contributed by atoms with Crippen molar-refractivity contribution in [2.24, 2.45) is 10.9 Å². The Morgan fingerprint density at radius 2 is 2.10 bits per heavy atom. The first-order valence-electron chi connectivity index (χ1n) is 7.87. The molecule has 1 fully saturated rings. The number of aliphatic imine (C=N–C) groups is 1. The van der Waals surface area contributed by atoms with Crippen molar-refractivity contribution >= 4 is 16.9 Å². The Balaban J connectivity index is 1.59. The zero-order chi connectivity index (χ0) is 13.8. The molecule has 1 aliphatic heterocycles. The van der Waals surface area contributed by atoms with E-state index in [0.717, 1.165) is 11.7 Å². The Bertz CT molecular complexity index is 457. The van der Waals surface area contributed by atoms with E-state index in [1.54, 1.807) is 0 Å². The molecule has 1 aromatic carbocycles. The summed E-state index contributed by atoms with van der Waals surface area (Å²) >= 11 is 1.89. The molecule has 0 saturated heterocycles. The van der Waals surface area contributed by atoms with Gasteiger partial charge in [-0.2, -0.15) is 0 Å². The fraction of sp³-hybridized carbons (Fsp3) is 0.588. The minimum Gasteiger partial charge on any atom is -0.362 e. The largest absolute Gasteiger partial charge is 0.362 e. The molecule has 1 aromatic rings. The SMILES string of the molecule is CCC1CCCC(NC2=NC(c3ccccc3)CS2)C1. The van der Waals surface area contributed by atoms with Crippen LogP contribution < -0.4 is 5.32 Å². The zero-order valence-electron chi connectivity index (χ0n) is 12.2. The average Bonchev–Trinajstić information content (AvgIpc) is 2.97. The summed E-state index contributed by atoms with van der Waals surface area (Å²) < 4.78 is 0. The first kappa shape index (κ1) is 14.0. The average molecular weight is 288 g/mol. The van der Waals surface area contributed by atoms with Gasteiger partial charge in [0.1, 0.15) is 0 Å².